The van der Waals surface area contributed by atoms with Crippen LogP contribution < -0.4 is 0 Å². The first-order valence-corrected chi connectivity index (χ1v) is 19.9. The molecule has 9 rings (SSSR count). The van der Waals surface area contributed by atoms with Crippen LogP contribution in [0, 0.1) is 27.7 Å². The van der Waals surface area contributed by atoms with Crippen LogP contribution in [0.4, 0.5) is 0 Å². The molecule has 0 saturated carbocycles. The highest BCUT2D eigenvalue weighted by atomic mass is 32.1. The Balaban J connectivity index is 0.000000202. The Morgan fingerprint density at radius 1 is 0.364 bits per heavy atom. The van der Waals surface area contributed by atoms with Gasteiger partial charge in [-0.15, -0.1) is 68.0 Å². The molecule has 0 amide bonds. The van der Waals surface area contributed by atoms with E-state index in [1.54, 1.807) is 0 Å². The van der Waals surface area contributed by atoms with Crippen LogP contribution in [0.5, 0.6) is 0 Å². The Labute approximate surface area is 284 Å². The molecule has 0 nitrogen and oxygen atoms in total. The molecule has 1 aromatic carbocycles. The van der Waals surface area contributed by atoms with Crippen LogP contribution in [0.15, 0.2) is 72.8 Å². The molecule has 2 aliphatic rings. The van der Waals surface area contributed by atoms with Gasteiger partial charge in [0, 0.05) is 70.4 Å². The lowest BCUT2D eigenvalue weighted by molar-refractivity contribution is 0.945. The minimum Gasteiger partial charge on any atom is -0.140 e. The summed E-state index contributed by atoms with van der Waals surface area (Å²) in [6.07, 6.45) is 0. The van der Waals surface area contributed by atoms with Crippen molar-refractivity contribution in [1.82, 2.24) is 0 Å². The Kier molecular flexibility index (Phi) is 7.24. The lowest BCUT2D eigenvalue weighted by atomic mass is 9.93. The van der Waals surface area contributed by atoms with Gasteiger partial charge < -0.3 is 0 Å². The summed E-state index contributed by atoms with van der Waals surface area (Å²) in [6, 6.07) is 27.7. The first-order chi connectivity index (χ1) is 21.2. The second kappa shape index (κ2) is 11.0. The van der Waals surface area contributed by atoms with E-state index in [0.29, 0.717) is 11.8 Å². The smallest absolute Gasteiger partial charge is 0.0452 e. The molecule has 0 bridgehead atoms. The second-order valence-electron chi connectivity index (χ2n) is 11.9. The quantitative estimate of drug-likeness (QED) is 0.174. The van der Waals surface area contributed by atoms with Gasteiger partial charge in [0.1, 0.15) is 0 Å². The highest BCUT2D eigenvalue weighted by molar-refractivity contribution is 7.27. The predicted octanol–water partition coefficient (Wildman–Crippen LogP) is 14.2. The first kappa shape index (κ1) is 28.9. The average molecular weight is 681 g/mol. The number of hydrogen-bond donors (Lipinski definition) is 0. The summed E-state index contributed by atoms with van der Waals surface area (Å²) in [6.45, 7) is 13.5. The summed E-state index contributed by atoms with van der Waals surface area (Å²) in [5.74, 6) is 0.971. The molecule has 6 aromatic heterocycles. The van der Waals surface area contributed by atoms with Crippen LogP contribution in [-0.4, -0.2) is 0 Å². The maximum Gasteiger partial charge on any atom is 0.0452 e. The molecule has 0 aliphatic heterocycles. The summed E-state index contributed by atoms with van der Waals surface area (Å²) in [5, 5.41) is 0. The van der Waals surface area contributed by atoms with Crippen molar-refractivity contribution < 1.29 is 0 Å². The van der Waals surface area contributed by atoms with Crippen molar-refractivity contribution >= 4 is 68.0 Å². The predicted molar refractivity (Wildman–Crippen MR) is 201 cm³/mol. The van der Waals surface area contributed by atoms with Crippen molar-refractivity contribution in [2.75, 3.05) is 0 Å². The summed E-state index contributed by atoms with van der Waals surface area (Å²) < 4.78 is 0. The van der Waals surface area contributed by atoms with Crippen molar-refractivity contribution in [1.29, 1.82) is 0 Å². The Morgan fingerprint density at radius 2 is 0.773 bits per heavy atom. The van der Waals surface area contributed by atoms with Crippen LogP contribution in [0.1, 0.15) is 67.4 Å². The van der Waals surface area contributed by atoms with Crippen molar-refractivity contribution in [3.05, 3.63) is 115 Å². The molecule has 0 N–H and O–H groups in total. The Hall–Kier alpha value is -2.58. The van der Waals surface area contributed by atoms with Gasteiger partial charge in [-0.3, -0.25) is 0 Å². The third-order valence-electron chi connectivity index (χ3n) is 8.78. The SMILES string of the molecule is Cc1ccc(-c2ccc(-c3cc4c(s3)-c3cc5c(cc3C4C)-c3sc(C)cc3C5C)s2)s1.Cc1ccc(-c2ccc(C)s2)s1. The van der Waals surface area contributed by atoms with Crippen LogP contribution in [0.2, 0.25) is 0 Å². The van der Waals surface area contributed by atoms with Crippen molar-refractivity contribution in [3.8, 4) is 50.1 Å². The minimum absolute atomic E-state index is 0.468. The monoisotopic (exact) mass is 680 g/mol. The van der Waals surface area contributed by atoms with Crippen LogP contribution in [-0.2, 0) is 0 Å². The summed E-state index contributed by atoms with van der Waals surface area (Å²) in [5.41, 5.74) is 9.05. The number of thiophene rings is 6. The first-order valence-electron chi connectivity index (χ1n) is 15.0. The zero-order chi connectivity index (χ0) is 30.3. The van der Waals surface area contributed by atoms with Crippen molar-refractivity contribution in [3.63, 3.8) is 0 Å². The van der Waals surface area contributed by atoms with Gasteiger partial charge >= 0.3 is 0 Å². The Morgan fingerprint density at radius 3 is 1.25 bits per heavy atom. The standard InChI is InChI=1S/C28H22S4.C10H10S2/c1-13-5-6-23(29-13)24-7-8-25(31-24)26-12-20-16(4)18-10-21-17(11-22(18)28(20)32-26)15(3)19-9-14(2)30-27(19)21;1-7-3-5-9(11-7)10-6-4-8(2)12-10/h5-12,15-16H,1-4H3;3-6H,1-2H3. The molecule has 7 aromatic rings. The number of aryl methyl sites for hydroxylation is 4. The van der Waals surface area contributed by atoms with Crippen molar-refractivity contribution in [2.24, 2.45) is 0 Å². The topological polar surface area (TPSA) is 0 Å². The van der Waals surface area contributed by atoms with E-state index in [1.807, 2.05) is 68.0 Å². The summed E-state index contributed by atoms with van der Waals surface area (Å²) in [7, 11) is 0. The highest BCUT2D eigenvalue weighted by Gasteiger charge is 2.34. The average Bonchev–Trinajstić information content (AvgIpc) is 3.84. The van der Waals surface area contributed by atoms with Crippen LogP contribution in [0.25, 0.3) is 50.1 Å². The van der Waals surface area contributed by atoms with Crippen LogP contribution in [0.3, 0.4) is 0 Å². The fourth-order valence-electron chi connectivity index (χ4n) is 6.51. The van der Waals surface area contributed by atoms with E-state index < -0.39 is 0 Å². The van der Waals surface area contributed by atoms with Gasteiger partial charge in [0.05, 0.1) is 0 Å². The van der Waals surface area contributed by atoms with Gasteiger partial charge in [0.25, 0.3) is 0 Å². The number of benzene rings is 1. The minimum atomic E-state index is 0.468. The molecule has 0 fully saturated rings. The van der Waals surface area contributed by atoms with Gasteiger partial charge in [0.2, 0.25) is 0 Å². The van der Waals surface area contributed by atoms with E-state index in [1.165, 1.54) is 91.9 Å². The maximum absolute atomic E-state index is 2.52. The van der Waals surface area contributed by atoms with E-state index in [0.717, 1.165) is 0 Å². The normalized spacial score (nSPS) is 16.0. The fourth-order valence-corrected chi connectivity index (χ4v) is 12.8. The molecule has 2 unspecified atom stereocenters. The highest BCUT2D eigenvalue weighted by Crippen LogP contribution is 2.57. The number of fused-ring (bicyclic) bond motifs is 6. The molecule has 6 heteroatoms. The Bertz CT molecular complexity index is 2130. The molecule has 44 heavy (non-hydrogen) atoms. The van der Waals surface area contributed by atoms with Crippen LogP contribution >= 0.6 is 68.0 Å². The molecule has 220 valence electrons. The second-order valence-corrected chi connectivity index (χ2v) is 19.2. The molecule has 0 radical (unpaired) electrons. The van der Waals surface area contributed by atoms with E-state index in [9.17, 15) is 0 Å². The van der Waals surface area contributed by atoms with E-state index in [2.05, 4.69) is 114 Å². The largest absolute Gasteiger partial charge is 0.140 e. The summed E-state index contributed by atoms with van der Waals surface area (Å²) in [4.78, 5) is 16.9. The van der Waals surface area contributed by atoms with Gasteiger partial charge in [0.15, 0.2) is 0 Å². The lowest BCUT2D eigenvalue weighted by Gasteiger charge is -2.12. The zero-order valence-corrected chi connectivity index (χ0v) is 30.4. The summed E-state index contributed by atoms with van der Waals surface area (Å²) >= 11 is 11.5. The number of hydrogen-bond acceptors (Lipinski definition) is 6. The van der Waals surface area contributed by atoms with Gasteiger partial charge in [-0.1, -0.05) is 13.8 Å². The van der Waals surface area contributed by atoms with Crippen molar-refractivity contribution in [2.45, 2.75) is 53.4 Å². The van der Waals surface area contributed by atoms with Gasteiger partial charge in [-0.05, 0) is 134 Å². The third-order valence-corrected chi connectivity index (χ3v) is 15.7. The fraction of sp³-hybridized carbons (Fsp3) is 0.211. The molecule has 2 atom stereocenters. The zero-order valence-electron chi connectivity index (χ0n) is 25.5. The number of rotatable bonds is 3. The third kappa shape index (κ3) is 4.86. The lowest BCUT2D eigenvalue weighted by Crippen LogP contribution is -1.93. The van der Waals surface area contributed by atoms with E-state index in [4.69, 9.17) is 0 Å². The molecular weight excluding hydrogens is 649 g/mol. The van der Waals surface area contributed by atoms with E-state index in [-0.39, 0.29) is 0 Å². The van der Waals surface area contributed by atoms with Gasteiger partial charge in [-0.2, -0.15) is 0 Å². The van der Waals surface area contributed by atoms with Gasteiger partial charge in [-0.25, -0.2) is 0 Å². The molecule has 0 spiro atoms. The molecule has 0 saturated heterocycles. The molecular formula is C38H32S6. The molecule has 6 heterocycles. The maximum atomic E-state index is 2.52. The van der Waals surface area contributed by atoms with E-state index >= 15 is 0 Å². The molecule has 2 aliphatic carbocycles.